The zero-order valence-corrected chi connectivity index (χ0v) is 14.1. The smallest absolute Gasteiger partial charge is 0.267 e. The normalized spacial score (nSPS) is 10.2. The number of carbonyl (C=O) groups is 1. The van der Waals surface area contributed by atoms with Crippen LogP contribution in [0.1, 0.15) is 15.4 Å². The molecule has 0 bridgehead atoms. The number of nitrogens with one attached hydrogen (secondary N) is 1. The largest absolute Gasteiger partial charge is 0.497 e. The number of methoxy groups -OCH3 is 2. The van der Waals surface area contributed by atoms with Crippen molar-refractivity contribution in [3.63, 3.8) is 0 Å². The number of hydrogen-bond acceptors (Lipinski definition) is 6. The van der Waals surface area contributed by atoms with Crippen LogP contribution in [0.25, 0.3) is 0 Å². The Labute approximate surface area is 133 Å². The molecule has 0 atom stereocenters. The molecular weight excluding hydrogens is 302 g/mol. The molecular formula is C15H19N3O3S. The average molecular weight is 321 g/mol. The number of aryl methyl sites for hydroxylation is 1. The first kappa shape index (κ1) is 16.1. The van der Waals surface area contributed by atoms with Gasteiger partial charge < -0.3 is 19.7 Å². The number of ether oxygens (including phenoxy) is 2. The van der Waals surface area contributed by atoms with Gasteiger partial charge in [0.25, 0.3) is 5.91 Å². The van der Waals surface area contributed by atoms with Crippen LogP contribution < -0.4 is 19.7 Å². The number of carbonyl (C=O) groups excluding carboxylic acids is 1. The van der Waals surface area contributed by atoms with E-state index in [2.05, 4.69) is 10.3 Å². The van der Waals surface area contributed by atoms with Gasteiger partial charge in [0.1, 0.15) is 16.4 Å². The van der Waals surface area contributed by atoms with E-state index in [1.165, 1.54) is 11.3 Å². The van der Waals surface area contributed by atoms with Crippen molar-refractivity contribution in [3.8, 4) is 11.5 Å². The number of hydrogen-bond donors (Lipinski definition) is 1. The predicted molar refractivity (Wildman–Crippen MR) is 88.7 cm³/mol. The quantitative estimate of drug-likeness (QED) is 0.917. The van der Waals surface area contributed by atoms with E-state index in [-0.39, 0.29) is 5.91 Å². The molecule has 118 valence electrons. The molecule has 0 radical (unpaired) electrons. The first-order valence-corrected chi connectivity index (χ1v) is 7.45. The van der Waals surface area contributed by atoms with Gasteiger partial charge in [-0.05, 0) is 6.92 Å². The highest BCUT2D eigenvalue weighted by Crippen LogP contribution is 2.28. The summed E-state index contributed by atoms with van der Waals surface area (Å²) in [6.45, 7) is 1.82. The second kappa shape index (κ2) is 6.65. The van der Waals surface area contributed by atoms with Crippen molar-refractivity contribution < 1.29 is 14.3 Å². The summed E-state index contributed by atoms with van der Waals surface area (Å²) in [5.74, 6) is 1.03. The van der Waals surface area contributed by atoms with Crippen LogP contribution in [0.2, 0.25) is 0 Å². The van der Waals surface area contributed by atoms with Crippen LogP contribution in [0.5, 0.6) is 11.5 Å². The van der Waals surface area contributed by atoms with Crippen LogP contribution in [0, 0.1) is 6.92 Å². The molecule has 0 unspecified atom stereocenters. The monoisotopic (exact) mass is 321 g/mol. The summed E-state index contributed by atoms with van der Waals surface area (Å²) in [6, 6.07) is 5.23. The van der Waals surface area contributed by atoms with Crippen molar-refractivity contribution in [1.82, 2.24) is 4.98 Å². The minimum Gasteiger partial charge on any atom is -0.497 e. The van der Waals surface area contributed by atoms with E-state index >= 15 is 0 Å². The van der Waals surface area contributed by atoms with E-state index in [0.29, 0.717) is 27.8 Å². The zero-order valence-electron chi connectivity index (χ0n) is 13.3. The maximum atomic E-state index is 12.4. The molecule has 1 N–H and O–H groups in total. The van der Waals surface area contributed by atoms with Gasteiger partial charge in [0.15, 0.2) is 5.13 Å². The van der Waals surface area contributed by atoms with Crippen molar-refractivity contribution >= 4 is 28.1 Å². The van der Waals surface area contributed by atoms with E-state index < -0.39 is 0 Å². The predicted octanol–water partition coefficient (Wildman–Crippen LogP) is 2.79. The third-order valence-electron chi connectivity index (χ3n) is 2.98. The van der Waals surface area contributed by atoms with Gasteiger partial charge >= 0.3 is 0 Å². The fraction of sp³-hybridized carbons (Fsp3) is 0.333. The lowest BCUT2D eigenvalue weighted by Crippen LogP contribution is -2.11. The van der Waals surface area contributed by atoms with Gasteiger partial charge in [-0.25, -0.2) is 4.98 Å². The Morgan fingerprint density at radius 1 is 1.18 bits per heavy atom. The van der Waals surface area contributed by atoms with Gasteiger partial charge in [0, 0.05) is 38.0 Å². The number of rotatable bonds is 5. The van der Waals surface area contributed by atoms with Crippen LogP contribution in [-0.4, -0.2) is 39.2 Å². The fourth-order valence-corrected chi connectivity index (χ4v) is 2.74. The maximum absolute atomic E-state index is 12.4. The molecule has 0 spiro atoms. The average Bonchev–Trinajstić information content (AvgIpc) is 2.89. The van der Waals surface area contributed by atoms with Crippen molar-refractivity contribution in [2.45, 2.75) is 6.92 Å². The Hall–Kier alpha value is -2.28. The highest BCUT2D eigenvalue weighted by atomic mass is 32.1. The summed E-state index contributed by atoms with van der Waals surface area (Å²) >= 11 is 1.36. The molecule has 1 aromatic carbocycles. The Bertz CT molecular complexity index is 660. The number of benzene rings is 1. The van der Waals surface area contributed by atoms with Crippen LogP contribution in [0.3, 0.4) is 0 Å². The number of thiazole rings is 1. The molecule has 0 fully saturated rings. The SMILES string of the molecule is COc1cc(NC(=O)c2sc(N(C)C)nc2C)cc(OC)c1. The summed E-state index contributed by atoms with van der Waals surface area (Å²) < 4.78 is 10.4. The van der Waals surface area contributed by atoms with E-state index in [9.17, 15) is 4.79 Å². The molecule has 22 heavy (non-hydrogen) atoms. The third-order valence-corrected chi connectivity index (χ3v) is 4.31. The van der Waals surface area contributed by atoms with E-state index in [1.807, 2.05) is 25.9 Å². The Morgan fingerprint density at radius 3 is 2.23 bits per heavy atom. The molecule has 7 heteroatoms. The molecule has 2 aromatic rings. The molecule has 0 saturated heterocycles. The lowest BCUT2D eigenvalue weighted by molar-refractivity contribution is 0.103. The minimum atomic E-state index is -0.196. The first-order chi connectivity index (χ1) is 10.4. The Balaban J connectivity index is 2.25. The second-order valence-corrected chi connectivity index (χ2v) is 5.84. The molecule has 1 heterocycles. The van der Waals surface area contributed by atoms with Crippen molar-refractivity contribution in [2.75, 3.05) is 38.5 Å². The molecule has 2 rings (SSSR count). The Morgan fingerprint density at radius 2 is 1.77 bits per heavy atom. The van der Waals surface area contributed by atoms with Gasteiger partial charge in [-0.2, -0.15) is 0 Å². The molecule has 6 nitrogen and oxygen atoms in total. The summed E-state index contributed by atoms with van der Waals surface area (Å²) in [4.78, 5) is 19.3. The van der Waals surface area contributed by atoms with Gasteiger partial charge in [-0.3, -0.25) is 4.79 Å². The summed E-state index contributed by atoms with van der Waals surface area (Å²) in [7, 11) is 6.92. The van der Waals surface area contributed by atoms with E-state index in [0.717, 1.165) is 5.13 Å². The first-order valence-electron chi connectivity index (χ1n) is 6.63. The number of anilines is 2. The Kier molecular flexibility index (Phi) is 4.87. The summed E-state index contributed by atoms with van der Waals surface area (Å²) in [6.07, 6.45) is 0. The lowest BCUT2D eigenvalue weighted by atomic mass is 10.2. The van der Waals surface area contributed by atoms with Crippen LogP contribution in [0.4, 0.5) is 10.8 Å². The number of aromatic nitrogens is 1. The third kappa shape index (κ3) is 3.48. The van der Waals surface area contributed by atoms with Gasteiger partial charge in [-0.1, -0.05) is 11.3 Å². The molecule has 1 aromatic heterocycles. The van der Waals surface area contributed by atoms with Crippen molar-refractivity contribution in [2.24, 2.45) is 0 Å². The molecule has 0 saturated carbocycles. The zero-order chi connectivity index (χ0) is 16.3. The topological polar surface area (TPSA) is 63.7 Å². The summed E-state index contributed by atoms with van der Waals surface area (Å²) in [5, 5.41) is 3.65. The molecule has 0 aliphatic heterocycles. The highest BCUT2D eigenvalue weighted by Gasteiger charge is 2.17. The van der Waals surface area contributed by atoms with Gasteiger partial charge in [0.2, 0.25) is 0 Å². The molecule has 0 aliphatic rings. The van der Waals surface area contributed by atoms with Crippen molar-refractivity contribution in [1.29, 1.82) is 0 Å². The number of nitrogens with zero attached hydrogens (tertiary/aromatic N) is 2. The molecule has 1 amide bonds. The maximum Gasteiger partial charge on any atom is 0.267 e. The van der Waals surface area contributed by atoms with Crippen molar-refractivity contribution in [3.05, 3.63) is 28.8 Å². The van der Waals surface area contributed by atoms with Gasteiger partial charge in [-0.15, -0.1) is 0 Å². The highest BCUT2D eigenvalue weighted by molar-refractivity contribution is 7.17. The van der Waals surface area contributed by atoms with Crippen LogP contribution in [-0.2, 0) is 0 Å². The lowest BCUT2D eigenvalue weighted by Gasteiger charge is -2.09. The number of amides is 1. The summed E-state index contributed by atoms with van der Waals surface area (Å²) in [5.41, 5.74) is 1.32. The molecule has 0 aliphatic carbocycles. The fourth-order valence-electron chi connectivity index (χ4n) is 1.85. The van der Waals surface area contributed by atoms with E-state index in [1.54, 1.807) is 32.4 Å². The van der Waals surface area contributed by atoms with Crippen LogP contribution >= 0.6 is 11.3 Å². The standard InChI is InChI=1S/C15H19N3O3S/c1-9-13(22-15(16-9)18(2)3)14(19)17-10-6-11(20-4)8-12(7-10)21-5/h6-8H,1-5H3,(H,17,19). The van der Waals surface area contributed by atoms with Crippen LogP contribution in [0.15, 0.2) is 18.2 Å². The van der Waals surface area contributed by atoms with E-state index in [4.69, 9.17) is 9.47 Å². The minimum absolute atomic E-state index is 0.196. The second-order valence-electron chi connectivity index (χ2n) is 4.86. The van der Waals surface area contributed by atoms with Gasteiger partial charge in [0.05, 0.1) is 19.9 Å².